The van der Waals surface area contributed by atoms with Crippen LogP contribution < -0.4 is 5.32 Å². The molecule has 0 saturated heterocycles. The van der Waals surface area contributed by atoms with Crippen LogP contribution in [0.5, 0.6) is 0 Å². The van der Waals surface area contributed by atoms with Crippen LogP contribution in [-0.2, 0) is 0 Å². The Balaban J connectivity index is 2.98. The molecule has 15 heavy (non-hydrogen) atoms. The van der Waals surface area contributed by atoms with Crippen molar-refractivity contribution in [3.8, 4) is 0 Å². The molecule has 1 atom stereocenters. The third kappa shape index (κ3) is 2.82. The van der Waals surface area contributed by atoms with Crippen molar-refractivity contribution in [3.05, 3.63) is 21.9 Å². The monoisotopic (exact) mass is 225 g/mol. The second kappa shape index (κ2) is 5.13. The van der Waals surface area contributed by atoms with Gasteiger partial charge in [0.1, 0.15) is 0 Å². The van der Waals surface area contributed by atoms with Crippen molar-refractivity contribution in [1.82, 2.24) is 5.32 Å². The highest BCUT2D eigenvalue weighted by Gasteiger charge is 2.29. The summed E-state index contributed by atoms with van der Waals surface area (Å²) in [6.45, 7) is 12.4. The van der Waals surface area contributed by atoms with Gasteiger partial charge in [-0.3, -0.25) is 0 Å². The lowest BCUT2D eigenvalue weighted by molar-refractivity contribution is 0.237. The average molecular weight is 225 g/mol. The minimum atomic E-state index is 0.321. The first-order valence-corrected chi connectivity index (χ1v) is 6.68. The van der Waals surface area contributed by atoms with Crippen LogP contribution in [-0.4, -0.2) is 6.54 Å². The smallest absolute Gasteiger partial charge is 0.0382 e. The molecule has 0 aromatic carbocycles. The summed E-state index contributed by atoms with van der Waals surface area (Å²) in [7, 11) is 0. The van der Waals surface area contributed by atoms with Crippen LogP contribution in [0.1, 0.15) is 50.6 Å². The Morgan fingerprint density at radius 1 is 1.40 bits per heavy atom. The highest BCUT2D eigenvalue weighted by Crippen LogP contribution is 2.38. The van der Waals surface area contributed by atoms with Gasteiger partial charge in [0.25, 0.3) is 0 Å². The first-order valence-electron chi connectivity index (χ1n) is 5.80. The molecule has 1 aromatic heterocycles. The fourth-order valence-electron chi connectivity index (χ4n) is 1.91. The zero-order valence-electron chi connectivity index (χ0n) is 10.6. The first-order chi connectivity index (χ1) is 7.03. The summed E-state index contributed by atoms with van der Waals surface area (Å²) in [6, 6.07) is 2.75. The van der Waals surface area contributed by atoms with Gasteiger partial charge in [0.05, 0.1) is 0 Å². The maximum Gasteiger partial charge on any atom is 0.0382 e. The highest BCUT2D eigenvalue weighted by atomic mass is 32.1. The van der Waals surface area contributed by atoms with E-state index in [4.69, 9.17) is 0 Å². The lowest BCUT2D eigenvalue weighted by atomic mass is 9.78. The van der Waals surface area contributed by atoms with Gasteiger partial charge in [-0.2, -0.15) is 0 Å². The number of thiophene rings is 1. The van der Waals surface area contributed by atoms with Gasteiger partial charge in [-0.15, -0.1) is 11.3 Å². The van der Waals surface area contributed by atoms with Crippen molar-refractivity contribution >= 4 is 11.3 Å². The fraction of sp³-hybridized carbons (Fsp3) is 0.692. The molecule has 1 aromatic rings. The predicted octanol–water partition coefficient (Wildman–Crippen LogP) is 4.14. The van der Waals surface area contributed by atoms with Crippen molar-refractivity contribution in [2.75, 3.05) is 6.54 Å². The molecule has 0 amide bonds. The summed E-state index contributed by atoms with van der Waals surface area (Å²) in [5.74, 6) is 0. The van der Waals surface area contributed by atoms with Gasteiger partial charge in [0.15, 0.2) is 0 Å². The van der Waals surface area contributed by atoms with Gasteiger partial charge >= 0.3 is 0 Å². The van der Waals surface area contributed by atoms with Crippen LogP contribution in [0.25, 0.3) is 0 Å². The zero-order chi connectivity index (χ0) is 11.5. The van der Waals surface area contributed by atoms with E-state index < -0.39 is 0 Å². The molecule has 2 heteroatoms. The Labute approximate surface area is 97.9 Å². The number of hydrogen-bond donors (Lipinski definition) is 1. The van der Waals surface area contributed by atoms with E-state index in [2.05, 4.69) is 51.4 Å². The standard InChI is InChI=1S/C13H23NS/c1-6-13(4,5)12(14-7-2)11-8-9-15-10(11)3/h8-9,12,14H,6-7H2,1-5H3. The maximum atomic E-state index is 3.62. The van der Waals surface area contributed by atoms with Crippen LogP contribution in [0.3, 0.4) is 0 Å². The third-order valence-corrected chi connectivity index (χ3v) is 4.17. The SMILES string of the molecule is CCNC(c1ccsc1C)C(C)(C)CC. The number of hydrogen-bond acceptors (Lipinski definition) is 2. The second-order valence-electron chi connectivity index (χ2n) is 4.76. The molecule has 1 N–H and O–H groups in total. The van der Waals surface area contributed by atoms with Crippen LogP contribution in [0.2, 0.25) is 0 Å². The maximum absolute atomic E-state index is 3.62. The summed E-state index contributed by atoms with van der Waals surface area (Å²) in [5.41, 5.74) is 1.80. The van der Waals surface area contributed by atoms with Crippen LogP contribution >= 0.6 is 11.3 Å². The summed E-state index contributed by atoms with van der Waals surface area (Å²) in [4.78, 5) is 1.45. The van der Waals surface area contributed by atoms with Gasteiger partial charge in [0.2, 0.25) is 0 Å². The van der Waals surface area contributed by atoms with Gasteiger partial charge < -0.3 is 5.32 Å². The van der Waals surface area contributed by atoms with E-state index >= 15 is 0 Å². The van der Waals surface area contributed by atoms with Gasteiger partial charge in [-0.25, -0.2) is 0 Å². The van der Waals surface area contributed by atoms with Crippen molar-refractivity contribution in [2.24, 2.45) is 5.41 Å². The third-order valence-electron chi connectivity index (χ3n) is 3.31. The van der Waals surface area contributed by atoms with E-state index in [1.807, 2.05) is 11.3 Å². The van der Waals surface area contributed by atoms with Crippen molar-refractivity contribution in [3.63, 3.8) is 0 Å². The van der Waals surface area contributed by atoms with E-state index in [1.54, 1.807) is 0 Å². The Morgan fingerprint density at radius 3 is 2.47 bits per heavy atom. The van der Waals surface area contributed by atoms with Gasteiger partial charge in [-0.1, -0.05) is 27.7 Å². The summed E-state index contributed by atoms with van der Waals surface area (Å²) in [5, 5.41) is 5.82. The summed E-state index contributed by atoms with van der Waals surface area (Å²) in [6.07, 6.45) is 1.19. The Bertz CT molecular complexity index is 301. The van der Waals surface area contributed by atoms with Gasteiger partial charge in [0, 0.05) is 10.9 Å². The number of nitrogens with one attached hydrogen (secondary N) is 1. The van der Waals surface area contributed by atoms with Crippen LogP contribution in [0, 0.1) is 12.3 Å². The second-order valence-corrected chi connectivity index (χ2v) is 5.89. The molecule has 1 heterocycles. The van der Waals surface area contributed by atoms with Crippen molar-refractivity contribution in [1.29, 1.82) is 0 Å². The molecule has 0 saturated carbocycles. The molecule has 0 aliphatic rings. The molecule has 0 spiro atoms. The Kier molecular flexibility index (Phi) is 4.35. The minimum absolute atomic E-state index is 0.321. The van der Waals surface area contributed by atoms with E-state index in [0.717, 1.165) is 6.54 Å². The largest absolute Gasteiger partial charge is 0.310 e. The topological polar surface area (TPSA) is 12.0 Å². The quantitative estimate of drug-likeness (QED) is 0.794. The molecule has 86 valence electrons. The number of aryl methyl sites for hydroxylation is 1. The minimum Gasteiger partial charge on any atom is -0.310 e. The normalized spacial score (nSPS) is 14.2. The predicted molar refractivity (Wildman–Crippen MR) is 69.5 cm³/mol. The van der Waals surface area contributed by atoms with Gasteiger partial charge in [-0.05, 0) is 42.3 Å². The van der Waals surface area contributed by atoms with Crippen LogP contribution in [0.15, 0.2) is 11.4 Å². The van der Waals surface area contributed by atoms with Crippen LogP contribution in [0.4, 0.5) is 0 Å². The lowest BCUT2D eigenvalue weighted by Gasteiger charge is -2.34. The molecular formula is C13H23NS. The van der Waals surface area contributed by atoms with E-state index in [9.17, 15) is 0 Å². The molecular weight excluding hydrogens is 202 g/mol. The molecule has 1 rings (SSSR count). The highest BCUT2D eigenvalue weighted by molar-refractivity contribution is 7.10. The fourth-order valence-corrected chi connectivity index (χ4v) is 2.65. The van der Waals surface area contributed by atoms with E-state index in [0.29, 0.717) is 11.5 Å². The Hall–Kier alpha value is -0.340. The van der Waals surface area contributed by atoms with E-state index in [1.165, 1.54) is 16.9 Å². The molecule has 0 radical (unpaired) electrons. The summed E-state index contributed by atoms with van der Waals surface area (Å²) < 4.78 is 0. The molecule has 0 aliphatic heterocycles. The molecule has 0 bridgehead atoms. The molecule has 1 unspecified atom stereocenters. The van der Waals surface area contributed by atoms with Crippen molar-refractivity contribution < 1.29 is 0 Å². The lowest BCUT2D eigenvalue weighted by Crippen LogP contribution is -2.33. The number of rotatable bonds is 5. The Morgan fingerprint density at radius 2 is 2.07 bits per heavy atom. The molecule has 0 aliphatic carbocycles. The molecule has 0 fully saturated rings. The summed E-state index contributed by atoms with van der Waals surface area (Å²) >= 11 is 1.85. The average Bonchev–Trinajstić information content (AvgIpc) is 2.60. The van der Waals surface area contributed by atoms with Crippen molar-refractivity contribution in [2.45, 2.75) is 47.1 Å². The molecule has 1 nitrogen and oxygen atoms in total. The first kappa shape index (κ1) is 12.7. The van der Waals surface area contributed by atoms with E-state index in [-0.39, 0.29) is 0 Å². The zero-order valence-corrected chi connectivity index (χ0v) is 11.4.